The Kier molecular flexibility index (Phi) is 5.75. The zero-order chi connectivity index (χ0) is 15.3. The van der Waals surface area contributed by atoms with Crippen molar-refractivity contribution in [2.24, 2.45) is 5.92 Å². The SMILES string of the molecule is Cc1ccc(S(=O)(=O)OCCOC2CCOCC2C)cc1. The van der Waals surface area contributed by atoms with Crippen LogP contribution in [0.15, 0.2) is 29.2 Å². The average Bonchev–Trinajstić information content (AvgIpc) is 2.46. The predicted octanol–water partition coefficient (Wildman–Crippen LogP) is 2.14. The fourth-order valence-corrected chi connectivity index (χ4v) is 3.12. The van der Waals surface area contributed by atoms with Crippen LogP contribution >= 0.6 is 0 Å². The summed E-state index contributed by atoms with van der Waals surface area (Å²) < 4.78 is 39.9. The van der Waals surface area contributed by atoms with Gasteiger partial charge in [-0.15, -0.1) is 0 Å². The van der Waals surface area contributed by atoms with E-state index in [1.807, 2.05) is 6.92 Å². The van der Waals surface area contributed by atoms with E-state index in [1.54, 1.807) is 24.3 Å². The number of aryl methyl sites for hydroxylation is 1. The van der Waals surface area contributed by atoms with E-state index in [0.717, 1.165) is 12.0 Å². The third-order valence-electron chi connectivity index (χ3n) is 3.53. The lowest BCUT2D eigenvalue weighted by molar-refractivity contribution is -0.0729. The van der Waals surface area contributed by atoms with Gasteiger partial charge in [0, 0.05) is 12.5 Å². The maximum Gasteiger partial charge on any atom is 0.297 e. The van der Waals surface area contributed by atoms with Crippen molar-refractivity contribution in [3.05, 3.63) is 29.8 Å². The van der Waals surface area contributed by atoms with E-state index in [0.29, 0.717) is 19.1 Å². The quantitative estimate of drug-likeness (QED) is 0.595. The smallest absolute Gasteiger partial charge is 0.297 e. The Balaban J connectivity index is 1.78. The molecule has 2 atom stereocenters. The van der Waals surface area contributed by atoms with Crippen LogP contribution < -0.4 is 0 Å². The largest absolute Gasteiger partial charge is 0.381 e. The molecule has 0 amide bonds. The normalized spacial score (nSPS) is 23.1. The Morgan fingerprint density at radius 2 is 1.95 bits per heavy atom. The molecule has 1 aromatic rings. The van der Waals surface area contributed by atoms with Crippen LogP contribution in [0.1, 0.15) is 18.9 Å². The van der Waals surface area contributed by atoms with E-state index in [4.69, 9.17) is 13.7 Å². The molecule has 2 unspecified atom stereocenters. The summed E-state index contributed by atoms with van der Waals surface area (Å²) in [4.78, 5) is 0.174. The third kappa shape index (κ3) is 4.78. The number of hydrogen-bond donors (Lipinski definition) is 0. The van der Waals surface area contributed by atoms with Gasteiger partial charge >= 0.3 is 0 Å². The summed E-state index contributed by atoms with van der Waals surface area (Å²) in [5.41, 5.74) is 1.01. The molecule has 0 radical (unpaired) electrons. The van der Waals surface area contributed by atoms with Crippen LogP contribution in [0.4, 0.5) is 0 Å². The summed E-state index contributed by atoms with van der Waals surface area (Å²) in [6.07, 6.45) is 0.954. The first-order chi connectivity index (χ1) is 9.99. The van der Waals surface area contributed by atoms with Crippen molar-refractivity contribution < 1.29 is 22.1 Å². The van der Waals surface area contributed by atoms with Crippen LogP contribution in [0.2, 0.25) is 0 Å². The third-order valence-corrected chi connectivity index (χ3v) is 4.85. The molecule has 0 saturated carbocycles. The molecule has 1 aliphatic rings. The second-order valence-electron chi connectivity index (χ2n) is 5.34. The lowest BCUT2D eigenvalue weighted by Crippen LogP contribution is -2.33. The standard InChI is InChI=1S/C15H22O5S/c1-12-3-5-14(6-4-12)21(16,17)20-10-9-19-15-7-8-18-11-13(15)2/h3-6,13,15H,7-11H2,1-2H3. The van der Waals surface area contributed by atoms with Crippen LogP contribution in [0.5, 0.6) is 0 Å². The van der Waals surface area contributed by atoms with Crippen molar-refractivity contribution in [3.63, 3.8) is 0 Å². The van der Waals surface area contributed by atoms with Crippen molar-refractivity contribution in [2.45, 2.75) is 31.3 Å². The molecule has 1 heterocycles. The summed E-state index contributed by atoms with van der Waals surface area (Å²) in [5, 5.41) is 0. The molecule has 1 aromatic carbocycles. The highest BCUT2D eigenvalue weighted by Crippen LogP contribution is 2.18. The van der Waals surface area contributed by atoms with E-state index >= 15 is 0 Å². The van der Waals surface area contributed by atoms with Gasteiger partial charge in [-0.25, -0.2) is 0 Å². The van der Waals surface area contributed by atoms with Gasteiger partial charge in [0.1, 0.15) is 0 Å². The zero-order valence-electron chi connectivity index (χ0n) is 12.4. The lowest BCUT2D eigenvalue weighted by Gasteiger charge is -2.28. The Hall–Kier alpha value is -0.950. The lowest BCUT2D eigenvalue weighted by atomic mass is 10.0. The van der Waals surface area contributed by atoms with E-state index in [2.05, 4.69) is 6.92 Å². The van der Waals surface area contributed by atoms with Gasteiger partial charge in [0.2, 0.25) is 0 Å². The van der Waals surface area contributed by atoms with Gasteiger partial charge in [-0.3, -0.25) is 4.18 Å². The van der Waals surface area contributed by atoms with Crippen LogP contribution in [0, 0.1) is 12.8 Å². The Bertz CT molecular complexity index is 538. The first kappa shape index (κ1) is 16.4. The minimum atomic E-state index is -3.70. The second kappa shape index (κ2) is 7.35. The molecule has 6 heteroatoms. The number of benzene rings is 1. The molecule has 0 bridgehead atoms. The van der Waals surface area contributed by atoms with Gasteiger partial charge in [-0.05, 0) is 25.5 Å². The molecule has 0 aromatic heterocycles. The molecule has 1 aliphatic heterocycles. The molecule has 0 aliphatic carbocycles. The first-order valence-corrected chi connectivity index (χ1v) is 8.55. The summed E-state index contributed by atoms with van der Waals surface area (Å²) in [5.74, 6) is 0.326. The first-order valence-electron chi connectivity index (χ1n) is 7.14. The van der Waals surface area contributed by atoms with E-state index in [9.17, 15) is 8.42 Å². The maximum atomic E-state index is 12.0. The van der Waals surface area contributed by atoms with Gasteiger partial charge in [-0.2, -0.15) is 8.42 Å². The minimum Gasteiger partial charge on any atom is -0.381 e. The summed E-state index contributed by atoms with van der Waals surface area (Å²) in [6.45, 7) is 5.64. The molecule has 0 spiro atoms. The molecule has 2 rings (SSSR count). The van der Waals surface area contributed by atoms with E-state index in [1.165, 1.54) is 0 Å². The number of ether oxygens (including phenoxy) is 2. The van der Waals surface area contributed by atoms with Gasteiger partial charge in [0.05, 0.1) is 30.8 Å². The molecule has 118 valence electrons. The Morgan fingerprint density at radius 1 is 1.24 bits per heavy atom. The van der Waals surface area contributed by atoms with E-state index < -0.39 is 10.1 Å². The van der Waals surface area contributed by atoms with Crippen molar-refractivity contribution in [1.82, 2.24) is 0 Å². The molecule has 0 N–H and O–H groups in total. The average molecular weight is 314 g/mol. The van der Waals surface area contributed by atoms with Crippen LogP contribution in [0.25, 0.3) is 0 Å². The fourth-order valence-electron chi connectivity index (χ4n) is 2.22. The molecule has 21 heavy (non-hydrogen) atoms. The molecule has 5 nitrogen and oxygen atoms in total. The molecule has 1 saturated heterocycles. The summed E-state index contributed by atoms with van der Waals surface area (Å²) in [7, 11) is -3.70. The Morgan fingerprint density at radius 3 is 2.62 bits per heavy atom. The maximum absolute atomic E-state index is 12.0. The monoisotopic (exact) mass is 314 g/mol. The van der Waals surface area contributed by atoms with Gasteiger partial charge in [0.25, 0.3) is 10.1 Å². The fraction of sp³-hybridized carbons (Fsp3) is 0.600. The van der Waals surface area contributed by atoms with Crippen LogP contribution in [0.3, 0.4) is 0 Å². The highest BCUT2D eigenvalue weighted by Gasteiger charge is 2.22. The van der Waals surface area contributed by atoms with Crippen molar-refractivity contribution in [1.29, 1.82) is 0 Å². The van der Waals surface area contributed by atoms with Crippen molar-refractivity contribution in [2.75, 3.05) is 26.4 Å². The minimum absolute atomic E-state index is 0.0281. The van der Waals surface area contributed by atoms with Crippen molar-refractivity contribution >= 4 is 10.1 Å². The van der Waals surface area contributed by atoms with Gasteiger partial charge in [-0.1, -0.05) is 24.6 Å². The summed E-state index contributed by atoms with van der Waals surface area (Å²) >= 11 is 0. The second-order valence-corrected chi connectivity index (χ2v) is 6.95. The molecular weight excluding hydrogens is 292 g/mol. The van der Waals surface area contributed by atoms with Crippen LogP contribution in [-0.4, -0.2) is 40.9 Å². The highest BCUT2D eigenvalue weighted by molar-refractivity contribution is 7.86. The highest BCUT2D eigenvalue weighted by atomic mass is 32.2. The zero-order valence-corrected chi connectivity index (χ0v) is 13.3. The molecular formula is C15H22O5S. The number of rotatable bonds is 6. The van der Waals surface area contributed by atoms with Gasteiger partial charge < -0.3 is 9.47 Å². The Labute approximate surface area is 126 Å². The topological polar surface area (TPSA) is 61.8 Å². The predicted molar refractivity (Wildman–Crippen MR) is 78.7 cm³/mol. The van der Waals surface area contributed by atoms with Crippen LogP contribution in [-0.2, 0) is 23.8 Å². The van der Waals surface area contributed by atoms with E-state index in [-0.39, 0.29) is 24.2 Å². The van der Waals surface area contributed by atoms with Gasteiger partial charge in [0.15, 0.2) is 0 Å². The number of hydrogen-bond acceptors (Lipinski definition) is 5. The summed E-state index contributed by atoms with van der Waals surface area (Å²) in [6, 6.07) is 6.59. The molecule has 1 fully saturated rings. The van der Waals surface area contributed by atoms with Crippen molar-refractivity contribution in [3.8, 4) is 0 Å².